The lowest BCUT2D eigenvalue weighted by Crippen LogP contribution is -2.37. The number of urea groups is 1. The zero-order valence-electron chi connectivity index (χ0n) is 13.4. The summed E-state index contributed by atoms with van der Waals surface area (Å²) in [5, 5.41) is 5.83. The van der Waals surface area contributed by atoms with Gasteiger partial charge in [-0.25, -0.2) is 4.79 Å². The molecule has 2 atom stereocenters. The van der Waals surface area contributed by atoms with Crippen LogP contribution < -0.4 is 10.6 Å². The minimum atomic E-state index is -0.0431. The van der Waals surface area contributed by atoms with Crippen molar-refractivity contribution in [1.29, 1.82) is 0 Å². The number of hydrogen-bond acceptors (Lipinski definition) is 2. The second-order valence-electron chi connectivity index (χ2n) is 6.38. The van der Waals surface area contributed by atoms with Crippen molar-refractivity contribution in [2.45, 2.75) is 65.4 Å². The van der Waals surface area contributed by atoms with E-state index in [0.29, 0.717) is 13.2 Å². The first-order chi connectivity index (χ1) is 9.58. The Morgan fingerprint density at radius 2 is 2.00 bits per heavy atom. The van der Waals surface area contributed by atoms with Gasteiger partial charge in [0.25, 0.3) is 0 Å². The number of carbonyl (C=O) groups is 1. The van der Waals surface area contributed by atoms with E-state index in [2.05, 4.69) is 17.6 Å². The highest BCUT2D eigenvalue weighted by molar-refractivity contribution is 5.73. The molecule has 2 amide bonds. The Hall–Kier alpha value is -0.770. The van der Waals surface area contributed by atoms with Crippen molar-refractivity contribution in [2.24, 2.45) is 11.8 Å². The molecule has 1 fully saturated rings. The van der Waals surface area contributed by atoms with E-state index in [1.54, 1.807) is 0 Å². The Morgan fingerprint density at radius 3 is 2.70 bits per heavy atom. The number of ether oxygens (including phenoxy) is 1. The molecule has 1 saturated carbocycles. The topological polar surface area (TPSA) is 50.4 Å². The summed E-state index contributed by atoms with van der Waals surface area (Å²) >= 11 is 0. The van der Waals surface area contributed by atoms with Crippen molar-refractivity contribution in [3.63, 3.8) is 0 Å². The van der Waals surface area contributed by atoms with Gasteiger partial charge in [-0.1, -0.05) is 26.2 Å². The molecular formula is C16H32N2O2. The molecule has 0 aromatic rings. The SMILES string of the molecule is CC1CCCC(CCNC(=O)NCCCOC(C)C)C1. The Balaban J connectivity index is 1.94. The number of nitrogens with one attached hydrogen (secondary N) is 2. The molecule has 0 aromatic carbocycles. The molecule has 1 aliphatic rings. The Morgan fingerprint density at radius 1 is 1.25 bits per heavy atom. The first kappa shape index (κ1) is 17.3. The summed E-state index contributed by atoms with van der Waals surface area (Å²) < 4.78 is 5.42. The van der Waals surface area contributed by atoms with Crippen molar-refractivity contribution in [2.75, 3.05) is 19.7 Å². The Kier molecular flexibility index (Phi) is 8.67. The third kappa shape index (κ3) is 8.41. The third-order valence-corrected chi connectivity index (χ3v) is 3.94. The average Bonchev–Trinajstić information content (AvgIpc) is 2.38. The second kappa shape index (κ2) is 10.0. The Labute approximate surface area is 124 Å². The number of amides is 2. The highest BCUT2D eigenvalue weighted by Gasteiger charge is 2.18. The standard InChI is InChI=1S/C16H32N2O2/c1-13(2)20-11-5-9-17-16(19)18-10-8-15-7-4-6-14(3)12-15/h13-15H,4-12H2,1-3H3,(H2,17,18,19). The molecule has 0 heterocycles. The van der Waals surface area contributed by atoms with Gasteiger partial charge in [-0.2, -0.15) is 0 Å². The highest BCUT2D eigenvalue weighted by Crippen LogP contribution is 2.30. The second-order valence-corrected chi connectivity index (χ2v) is 6.38. The third-order valence-electron chi connectivity index (χ3n) is 3.94. The molecule has 0 bridgehead atoms. The summed E-state index contributed by atoms with van der Waals surface area (Å²) in [6.45, 7) is 8.56. The quantitative estimate of drug-likeness (QED) is 0.672. The van der Waals surface area contributed by atoms with Crippen molar-refractivity contribution in [1.82, 2.24) is 10.6 Å². The van der Waals surface area contributed by atoms with Crippen LogP contribution in [-0.4, -0.2) is 31.8 Å². The molecule has 4 heteroatoms. The monoisotopic (exact) mass is 284 g/mol. The van der Waals surface area contributed by atoms with E-state index in [-0.39, 0.29) is 12.1 Å². The van der Waals surface area contributed by atoms with Gasteiger partial charge in [-0.05, 0) is 44.9 Å². The maximum absolute atomic E-state index is 11.6. The minimum Gasteiger partial charge on any atom is -0.379 e. The number of rotatable bonds is 8. The summed E-state index contributed by atoms with van der Waals surface area (Å²) in [6, 6.07) is -0.0431. The lowest BCUT2D eigenvalue weighted by atomic mass is 9.81. The van der Waals surface area contributed by atoms with Crippen molar-refractivity contribution < 1.29 is 9.53 Å². The van der Waals surface area contributed by atoms with Gasteiger partial charge in [0.2, 0.25) is 0 Å². The maximum atomic E-state index is 11.6. The van der Waals surface area contributed by atoms with Crippen molar-refractivity contribution in [3.8, 4) is 0 Å². The van der Waals surface area contributed by atoms with E-state index in [4.69, 9.17) is 4.74 Å². The summed E-state index contributed by atoms with van der Waals surface area (Å²) in [4.78, 5) is 11.6. The molecule has 1 rings (SSSR count). The molecule has 118 valence electrons. The molecule has 1 aliphatic carbocycles. The van der Waals surface area contributed by atoms with Crippen LogP contribution in [0.5, 0.6) is 0 Å². The van der Waals surface area contributed by atoms with Crippen LogP contribution in [0, 0.1) is 11.8 Å². The summed E-state index contributed by atoms with van der Waals surface area (Å²) in [6.07, 6.45) is 7.65. The number of carbonyl (C=O) groups excluding carboxylic acids is 1. The van der Waals surface area contributed by atoms with E-state index in [9.17, 15) is 4.79 Å². The molecule has 0 radical (unpaired) electrons. The smallest absolute Gasteiger partial charge is 0.314 e. The first-order valence-electron chi connectivity index (χ1n) is 8.21. The predicted octanol–water partition coefficient (Wildman–Crippen LogP) is 3.32. The minimum absolute atomic E-state index is 0.0431. The fourth-order valence-corrected chi connectivity index (χ4v) is 2.87. The van der Waals surface area contributed by atoms with Gasteiger partial charge in [0.1, 0.15) is 0 Å². The molecule has 2 unspecified atom stereocenters. The molecule has 2 N–H and O–H groups in total. The molecular weight excluding hydrogens is 252 g/mol. The molecule has 20 heavy (non-hydrogen) atoms. The van der Waals surface area contributed by atoms with Gasteiger partial charge in [0.05, 0.1) is 6.10 Å². The summed E-state index contributed by atoms with van der Waals surface area (Å²) in [5.41, 5.74) is 0. The van der Waals surface area contributed by atoms with Crippen LogP contribution in [0.3, 0.4) is 0 Å². The molecule has 0 saturated heterocycles. The van der Waals surface area contributed by atoms with E-state index in [1.165, 1.54) is 25.7 Å². The van der Waals surface area contributed by atoms with Crippen molar-refractivity contribution >= 4 is 6.03 Å². The molecule has 0 spiro atoms. The molecule has 0 aliphatic heterocycles. The molecule has 0 aromatic heterocycles. The van der Waals surface area contributed by atoms with Crippen molar-refractivity contribution in [3.05, 3.63) is 0 Å². The highest BCUT2D eigenvalue weighted by atomic mass is 16.5. The summed E-state index contributed by atoms with van der Waals surface area (Å²) in [7, 11) is 0. The van der Waals surface area contributed by atoms with E-state index < -0.39 is 0 Å². The van der Waals surface area contributed by atoms with Crippen LogP contribution in [0.25, 0.3) is 0 Å². The van der Waals surface area contributed by atoms with Crippen LogP contribution in [0.15, 0.2) is 0 Å². The van der Waals surface area contributed by atoms with Crippen LogP contribution in [0.1, 0.15) is 59.3 Å². The average molecular weight is 284 g/mol. The van der Waals surface area contributed by atoms with E-state index >= 15 is 0 Å². The van der Waals surface area contributed by atoms with E-state index in [0.717, 1.165) is 31.2 Å². The largest absolute Gasteiger partial charge is 0.379 e. The van der Waals surface area contributed by atoms with Gasteiger partial charge in [0.15, 0.2) is 0 Å². The van der Waals surface area contributed by atoms with Gasteiger partial charge >= 0.3 is 6.03 Å². The number of hydrogen-bond donors (Lipinski definition) is 2. The van der Waals surface area contributed by atoms with Gasteiger partial charge in [0, 0.05) is 19.7 Å². The zero-order valence-corrected chi connectivity index (χ0v) is 13.4. The first-order valence-corrected chi connectivity index (χ1v) is 8.21. The fraction of sp³-hybridized carbons (Fsp3) is 0.938. The van der Waals surface area contributed by atoms with Gasteiger partial charge < -0.3 is 15.4 Å². The van der Waals surface area contributed by atoms with E-state index in [1.807, 2.05) is 13.8 Å². The lowest BCUT2D eigenvalue weighted by Gasteiger charge is -2.26. The van der Waals surface area contributed by atoms with Crippen LogP contribution >= 0.6 is 0 Å². The lowest BCUT2D eigenvalue weighted by molar-refractivity contribution is 0.0774. The van der Waals surface area contributed by atoms with Crippen LogP contribution in [-0.2, 0) is 4.74 Å². The maximum Gasteiger partial charge on any atom is 0.314 e. The zero-order chi connectivity index (χ0) is 14.8. The normalized spacial score (nSPS) is 22.8. The predicted molar refractivity (Wildman–Crippen MR) is 82.8 cm³/mol. The van der Waals surface area contributed by atoms with Crippen LogP contribution in [0.4, 0.5) is 4.79 Å². The van der Waals surface area contributed by atoms with Gasteiger partial charge in [-0.3, -0.25) is 0 Å². The Bertz CT molecular complexity index is 269. The van der Waals surface area contributed by atoms with Gasteiger partial charge in [-0.15, -0.1) is 0 Å². The van der Waals surface area contributed by atoms with Crippen LogP contribution in [0.2, 0.25) is 0 Å². The molecule has 4 nitrogen and oxygen atoms in total. The fourth-order valence-electron chi connectivity index (χ4n) is 2.87. The summed E-state index contributed by atoms with van der Waals surface area (Å²) in [5.74, 6) is 1.67.